The molecule has 0 radical (unpaired) electrons. The Morgan fingerprint density at radius 3 is 2.39 bits per heavy atom. The van der Waals surface area contributed by atoms with E-state index >= 15 is 0 Å². The van der Waals surface area contributed by atoms with Gasteiger partial charge in [-0.05, 0) is 50.0 Å². The molecule has 0 atom stereocenters. The second-order valence-corrected chi connectivity index (χ2v) is 5.78. The molecule has 0 aliphatic heterocycles. The normalized spacial score (nSPS) is 22.7. The van der Waals surface area contributed by atoms with E-state index in [-0.39, 0.29) is 5.78 Å². The number of carbonyl (C=O) groups is 1. The van der Waals surface area contributed by atoms with Crippen molar-refractivity contribution < 1.29 is 9.90 Å². The molecule has 1 aromatic rings. The Morgan fingerprint density at radius 1 is 1.11 bits per heavy atom. The van der Waals surface area contributed by atoms with Crippen LogP contribution in [0, 0.1) is 0 Å². The second kappa shape index (κ2) is 4.51. The molecule has 1 aromatic carbocycles. The summed E-state index contributed by atoms with van der Waals surface area (Å²) in [6.07, 6.45) is 6.82. The highest BCUT2D eigenvalue weighted by Crippen LogP contribution is 2.40. The summed E-state index contributed by atoms with van der Waals surface area (Å²) in [5.41, 5.74) is 0.848. The summed E-state index contributed by atoms with van der Waals surface area (Å²) < 4.78 is 0. The maximum atomic E-state index is 12.6. The predicted octanol–water partition coefficient (Wildman–Crippen LogP) is 3.44. The Morgan fingerprint density at radius 2 is 1.78 bits per heavy atom. The lowest BCUT2D eigenvalue weighted by molar-refractivity contribution is 0.0351. The van der Waals surface area contributed by atoms with Gasteiger partial charge in [0.1, 0.15) is 5.60 Å². The van der Waals surface area contributed by atoms with Crippen molar-refractivity contribution >= 4 is 5.78 Å². The molecule has 2 aliphatic carbocycles. The lowest BCUT2D eigenvalue weighted by atomic mass is 9.76. The van der Waals surface area contributed by atoms with Gasteiger partial charge in [-0.15, -0.1) is 0 Å². The van der Waals surface area contributed by atoms with Gasteiger partial charge in [-0.1, -0.05) is 30.7 Å². The molecule has 2 fully saturated rings. The average Bonchev–Trinajstić information content (AvgIpc) is 2.75. The van der Waals surface area contributed by atoms with E-state index < -0.39 is 5.60 Å². The minimum absolute atomic E-state index is 0.0394. The quantitative estimate of drug-likeness (QED) is 0.827. The third-order valence-electron chi connectivity index (χ3n) is 4.60. The summed E-state index contributed by atoms with van der Waals surface area (Å²) in [6, 6.07) is 7.87. The van der Waals surface area contributed by atoms with E-state index in [2.05, 4.69) is 6.07 Å². The maximum Gasteiger partial charge on any atom is 0.194 e. The van der Waals surface area contributed by atoms with Gasteiger partial charge in [0.15, 0.2) is 5.78 Å². The third-order valence-corrected chi connectivity index (χ3v) is 4.60. The minimum atomic E-state index is -1.08. The highest BCUT2D eigenvalue weighted by Gasteiger charge is 2.40. The monoisotopic (exact) mass is 244 g/mol. The van der Waals surface area contributed by atoms with Crippen molar-refractivity contribution in [1.29, 1.82) is 0 Å². The van der Waals surface area contributed by atoms with Crippen LogP contribution in [-0.4, -0.2) is 16.5 Å². The molecule has 0 amide bonds. The number of hydrogen-bond donors (Lipinski definition) is 1. The standard InChI is InChI=1S/C16H20O2/c17-15(16(18)10-3-4-11-16)14-9-2-1-8-13(14)12-6-5-7-12/h1-2,8-9,12,18H,3-7,10-11H2. The van der Waals surface area contributed by atoms with Crippen molar-refractivity contribution in [3.8, 4) is 0 Å². The van der Waals surface area contributed by atoms with Gasteiger partial charge in [-0.25, -0.2) is 0 Å². The fraction of sp³-hybridized carbons (Fsp3) is 0.562. The van der Waals surface area contributed by atoms with Crippen molar-refractivity contribution in [3.05, 3.63) is 35.4 Å². The highest BCUT2D eigenvalue weighted by atomic mass is 16.3. The van der Waals surface area contributed by atoms with Crippen molar-refractivity contribution in [2.45, 2.75) is 56.5 Å². The third kappa shape index (κ3) is 1.89. The van der Waals surface area contributed by atoms with Gasteiger partial charge < -0.3 is 5.11 Å². The molecule has 0 spiro atoms. The first-order chi connectivity index (χ1) is 8.71. The lowest BCUT2D eigenvalue weighted by Crippen LogP contribution is -2.36. The van der Waals surface area contributed by atoms with E-state index in [1.165, 1.54) is 19.3 Å². The molecule has 18 heavy (non-hydrogen) atoms. The molecule has 1 N–H and O–H groups in total. The average molecular weight is 244 g/mol. The number of benzene rings is 1. The van der Waals surface area contributed by atoms with Gasteiger partial charge in [0.05, 0.1) is 0 Å². The first kappa shape index (κ1) is 11.9. The number of hydrogen-bond acceptors (Lipinski definition) is 2. The molecule has 2 aliphatic rings. The Hall–Kier alpha value is -1.15. The smallest absolute Gasteiger partial charge is 0.194 e. The van der Waals surface area contributed by atoms with Crippen molar-refractivity contribution in [2.75, 3.05) is 0 Å². The largest absolute Gasteiger partial charge is 0.382 e. The molecular formula is C16H20O2. The number of Topliss-reactive ketones (excluding diaryl/α,β-unsaturated/α-hetero) is 1. The minimum Gasteiger partial charge on any atom is -0.382 e. The van der Waals surface area contributed by atoms with E-state index in [0.29, 0.717) is 18.8 Å². The van der Waals surface area contributed by atoms with Crippen LogP contribution in [0.2, 0.25) is 0 Å². The van der Waals surface area contributed by atoms with Gasteiger partial charge in [0.2, 0.25) is 0 Å². The Kier molecular flexibility index (Phi) is 2.98. The van der Waals surface area contributed by atoms with Gasteiger partial charge in [0, 0.05) is 5.56 Å². The molecule has 0 saturated heterocycles. The number of carbonyl (C=O) groups excluding carboxylic acids is 1. The summed E-state index contributed by atoms with van der Waals surface area (Å²) in [6.45, 7) is 0. The zero-order valence-corrected chi connectivity index (χ0v) is 10.7. The van der Waals surface area contributed by atoms with Gasteiger partial charge in [0.25, 0.3) is 0 Å². The molecule has 96 valence electrons. The summed E-state index contributed by atoms with van der Waals surface area (Å²) in [4.78, 5) is 12.6. The molecule has 3 rings (SSSR count). The van der Waals surface area contributed by atoms with Crippen LogP contribution in [0.5, 0.6) is 0 Å². The lowest BCUT2D eigenvalue weighted by Gasteiger charge is -2.29. The summed E-state index contributed by atoms with van der Waals surface area (Å²) in [5.74, 6) is 0.498. The van der Waals surface area contributed by atoms with Crippen LogP contribution in [0.3, 0.4) is 0 Å². The molecule has 2 heteroatoms. The summed E-state index contributed by atoms with van der Waals surface area (Å²) >= 11 is 0. The van der Waals surface area contributed by atoms with Crippen LogP contribution in [-0.2, 0) is 0 Å². The fourth-order valence-corrected chi connectivity index (χ4v) is 3.22. The number of rotatable bonds is 3. The van der Waals surface area contributed by atoms with Crippen LogP contribution in [0.1, 0.15) is 66.8 Å². The zero-order chi connectivity index (χ0) is 12.6. The highest BCUT2D eigenvalue weighted by molar-refractivity contribution is 6.03. The van der Waals surface area contributed by atoms with E-state index in [9.17, 15) is 9.90 Å². The molecular weight excluding hydrogens is 224 g/mol. The van der Waals surface area contributed by atoms with Crippen LogP contribution in [0.25, 0.3) is 0 Å². The number of ketones is 1. The van der Waals surface area contributed by atoms with Crippen molar-refractivity contribution in [3.63, 3.8) is 0 Å². The molecule has 0 bridgehead atoms. The van der Waals surface area contributed by atoms with E-state index in [1.807, 2.05) is 18.2 Å². The Balaban J connectivity index is 1.93. The molecule has 2 nitrogen and oxygen atoms in total. The van der Waals surface area contributed by atoms with E-state index in [1.54, 1.807) is 0 Å². The predicted molar refractivity (Wildman–Crippen MR) is 70.8 cm³/mol. The zero-order valence-electron chi connectivity index (χ0n) is 10.7. The first-order valence-electron chi connectivity index (χ1n) is 7.07. The molecule has 2 saturated carbocycles. The Labute approximate surface area is 108 Å². The van der Waals surface area contributed by atoms with Crippen molar-refractivity contribution in [2.24, 2.45) is 0 Å². The summed E-state index contributed by atoms with van der Waals surface area (Å²) in [7, 11) is 0. The van der Waals surface area contributed by atoms with Crippen molar-refractivity contribution in [1.82, 2.24) is 0 Å². The fourth-order valence-electron chi connectivity index (χ4n) is 3.22. The van der Waals surface area contributed by atoms with E-state index in [4.69, 9.17) is 0 Å². The van der Waals surface area contributed by atoms with Crippen LogP contribution in [0.4, 0.5) is 0 Å². The SMILES string of the molecule is O=C(c1ccccc1C1CCC1)C1(O)CCCC1. The van der Waals surface area contributed by atoms with Crippen LogP contribution >= 0.6 is 0 Å². The van der Waals surface area contributed by atoms with Crippen LogP contribution in [0.15, 0.2) is 24.3 Å². The van der Waals surface area contributed by atoms with Crippen LogP contribution < -0.4 is 0 Å². The van der Waals surface area contributed by atoms with Gasteiger partial charge >= 0.3 is 0 Å². The summed E-state index contributed by atoms with van der Waals surface area (Å²) in [5, 5.41) is 10.5. The maximum absolute atomic E-state index is 12.6. The molecule has 0 aromatic heterocycles. The molecule has 0 heterocycles. The second-order valence-electron chi connectivity index (χ2n) is 5.78. The Bertz CT molecular complexity index is 454. The van der Waals surface area contributed by atoms with Gasteiger partial charge in [-0.3, -0.25) is 4.79 Å². The first-order valence-corrected chi connectivity index (χ1v) is 7.07. The molecule has 0 unspecified atom stereocenters. The topological polar surface area (TPSA) is 37.3 Å². The number of aliphatic hydroxyl groups is 1. The van der Waals surface area contributed by atoms with Gasteiger partial charge in [-0.2, -0.15) is 0 Å². The van der Waals surface area contributed by atoms with E-state index in [0.717, 1.165) is 24.0 Å².